The summed E-state index contributed by atoms with van der Waals surface area (Å²) in [6.45, 7) is 3.29. The van der Waals surface area contributed by atoms with Crippen molar-refractivity contribution in [1.82, 2.24) is 5.32 Å². The zero-order chi connectivity index (χ0) is 12.1. The van der Waals surface area contributed by atoms with E-state index in [1.165, 1.54) is 31.2 Å². The fraction of sp³-hybridized carbons (Fsp3) is 0.533. The van der Waals surface area contributed by atoms with Gasteiger partial charge in [-0.15, -0.1) is 0 Å². The monoisotopic (exact) mass is 228 g/mol. The van der Waals surface area contributed by atoms with Crippen LogP contribution in [-0.2, 0) is 0 Å². The van der Waals surface area contributed by atoms with E-state index in [1.54, 1.807) is 0 Å². The first kappa shape index (κ1) is 12.1. The van der Waals surface area contributed by atoms with Crippen molar-refractivity contribution >= 4 is 0 Å². The highest BCUT2D eigenvalue weighted by molar-refractivity contribution is 5.32. The lowest BCUT2D eigenvalue weighted by Crippen LogP contribution is -2.24. The van der Waals surface area contributed by atoms with Gasteiger partial charge in [0.2, 0.25) is 0 Å². The van der Waals surface area contributed by atoms with E-state index in [0.29, 0.717) is 6.04 Å². The minimum atomic E-state index is 0.378. The quantitative estimate of drug-likeness (QED) is 0.838. The summed E-state index contributed by atoms with van der Waals surface area (Å²) in [5.74, 6) is 0.968. The Bertz CT molecular complexity index is 384. The number of nitriles is 1. The Kier molecular flexibility index (Phi) is 4.17. The molecule has 0 aromatic heterocycles. The van der Waals surface area contributed by atoms with E-state index in [1.807, 2.05) is 24.3 Å². The van der Waals surface area contributed by atoms with Crippen LogP contribution in [0, 0.1) is 17.2 Å². The molecular weight excluding hydrogens is 208 g/mol. The molecule has 1 aliphatic carbocycles. The van der Waals surface area contributed by atoms with Gasteiger partial charge in [-0.05, 0) is 43.5 Å². The summed E-state index contributed by atoms with van der Waals surface area (Å²) in [6.07, 6.45) is 5.58. The number of hydrogen-bond donors (Lipinski definition) is 1. The summed E-state index contributed by atoms with van der Waals surface area (Å²) in [4.78, 5) is 0. The molecule has 1 aliphatic rings. The Morgan fingerprint density at radius 2 is 2.06 bits per heavy atom. The number of nitrogens with zero attached hydrogens (tertiary/aromatic N) is 1. The molecule has 17 heavy (non-hydrogen) atoms. The van der Waals surface area contributed by atoms with Gasteiger partial charge in [-0.3, -0.25) is 0 Å². The Morgan fingerprint density at radius 1 is 1.35 bits per heavy atom. The number of benzene rings is 1. The molecule has 0 amide bonds. The minimum absolute atomic E-state index is 0.378. The van der Waals surface area contributed by atoms with Gasteiger partial charge in [0.1, 0.15) is 0 Å². The lowest BCUT2D eigenvalue weighted by molar-refractivity contribution is 0.288. The van der Waals surface area contributed by atoms with Gasteiger partial charge in [0, 0.05) is 6.04 Å². The highest BCUT2D eigenvalue weighted by atomic mass is 14.9. The molecule has 90 valence electrons. The van der Waals surface area contributed by atoms with Gasteiger partial charge >= 0.3 is 0 Å². The van der Waals surface area contributed by atoms with Crippen molar-refractivity contribution in [2.75, 3.05) is 6.54 Å². The average molecular weight is 228 g/mol. The van der Waals surface area contributed by atoms with Crippen LogP contribution < -0.4 is 5.32 Å². The largest absolute Gasteiger partial charge is 0.310 e. The van der Waals surface area contributed by atoms with Crippen LogP contribution in [0.15, 0.2) is 24.3 Å². The van der Waals surface area contributed by atoms with E-state index in [4.69, 9.17) is 5.26 Å². The first-order chi connectivity index (χ1) is 8.29. The fourth-order valence-corrected chi connectivity index (χ4v) is 2.25. The van der Waals surface area contributed by atoms with E-state index >= 15 is 0 Å². The van der Waals surface area contributed by atoms with Crippen molar-refractivity contribution in [3.05, 3.63) is 35.4 Å². The van der Waals surface area contributed by atoms with Crippen LogP contribution in [0.4, 0.5) is 0 Å². The predicted octanol–water partition coefficient (Wildman–Crippen LogP) is 3.40. The summed E-state index contributed by atoms with van der Waals surface area (Å²) < 4.78 is 0. The summed E-state index contributed by atoms with van der Waals surface area (Å²) in [6, 6.07) is 10.4. The van der Waals surface area contributed by atoms with Gasteiger partial charge in [0.25, 0.3) is 0 Å². The standard InChI is InChI=1S/C15H20N2/c1-12(17-10-9-13-3-2-4-13)15-7-5-14(11-16)6-8-15/h5-8,12-13,17H,2-4,9-10H2,1H3. The lowest BCUT2D eigenvalue weighted by atomic mass is 9.83. The molecule has 1 fully saturated rings. The molecule has 0 radical (unpaired) electrons. The predicted molar refractivity (Wildman–Crippen MR) is 69.5 cm³/mol. The third-order valence-electron chi connectivity index (χ3n) is 3.77. The summed E-state index contributed by atoms with van der Waals surface area (Å²) in [7, 11) is 0. The van der Waals surface area contributed by atoms with Crippen molar-refractivity contribution in [2.24, 2.45) is 5.92 Å². The van der Waals surface area contributed by atoms with E-state index in [9.17, 15) is 0 Å². The second-order valence-electron chi connectivity index (χ2n) is 5.00. The van der Waals surface area contributed by atoms with E-state index in [-0.39, 0.29) is 0 Å². The van der Waals surface area contributed by atoms with Crippen LogP contribution in [0.25, 0.3) is 0 Å². The van der Waals surface area contributed by atoms with E-state index in [2.05, 4.69) is 18.3 Å². The van der Waals surface area contributed by atoms with Crippen LogP contribution in [0.2, 0.25) is 0 Å². The Labute approximate surface area is 104 Å². The number of nitrogens with one attached hydrogen (secondary N) is 1. The average Bonchev–Trinajstić information content (AvgIpc) is 2.32. The first-order valence-electron chi connectivity index (χ1n) is 6.53. The first-order valence-corrected chi connectivity index (χ1v) is 6.53. The molecule has 1 aromatic rings. The molecule has 1 saturated carbocycles. The zero-order valence-corrected chi connectivity index (χ0v) is 10.4. The van der Waals surface area contributed by atoms with Crippen LogP contribution >= 0.6 is 0 Å². The SMILES string of the molecule is CC(NCCC1CCC1)c1ccc(C#N)cc1. The molecule has 0 spiro atoms. The maximum atomic E-state index is 8.74. The third kappa shape index (κ3) is 3.31. The second kappa shape index (κ2) is 5.84. The second-order valence-corrected chi connectivity index (χ2v) is 5.00. The van der Waals surface area contributed by atoms with Gasteiger partial charge < -0.3 is 5.32 Å². The molecular formula is C15H20N2. The normalized spacial score (nSPS) is 17.2. The number of hydrogen-bond acceptors (Lipinski definition) is 2. The highest BCUT2D eigenvalue weighted by Crippen LogP contribution is 2.29. The fourth-order valence-electron chi connectivity index (χ4n) is 2.25. The van der Waals surface area contributed by atoms with Gasteiger partial charge in [-0.2, -0.15) is 5.26 Å². The van der Waals surface area contributed by atoms with Crippen molar-refractivity contribution in [3.8, 4) is 6.07 Å². The van der Waals surface area contributed by atoms with Gasteiger partial charge in [0.05, 0.1) is 11.6 Å². The molecule has 2 heteroatoms. The van der Waals surface area contributed by atoms with E-state index < -0.39 is 0 Å². The van der Waals surface area contributed by atoms with Crippen LogP contribution in [0.1, 0.15) is 49.8 Å². The molecule has 1 N–H and O–H groups in total. The van der Waals surface area contributed by atoms with Crippen molar-refractivity contribution in [3.63, 3.8) is 0 Å². The number of rotatable bonds is 5. The molecule has 0 bridgehead atoms. The van der Waals surface area contributed by atoms with E-state index in [0.717, 1.165) is 18.0 Å². The zero-order valence-electron chi connectivity index (χ0n) is 10.4. The summed E-state index contributed by atoms with van der Waals surface area (Å²) in [5.41, 5.74) is 1.99. The maximum Gasteiger partial charge on any atom is 0.0991 e. The smallest absolute Gasteiger partial charge is 0.0991 e. The summed E-state index contributed by atoms with van der Waals surface area (Å²) in [5, 5.41) is 12.3. The van der Waals surface area contributed by atoms with Crippen LogP contribution in [0.3, 0.4) is 0 Å². The summed E-state index contributed by atoms with van der Waals surface area (Å²) >= 11 is 0. The maximum absolute atomic E-state index is 8.74. The van der Waals surface area contributed by atoms with Crippen molar-refractivity contribution in [2.45, 2.75) is 38.6 Å². The van der Waals surface area contributed by atoms with Gasteiger partial charge in [-0.1, -0.05) is 31.4 Å². The lowest BCUT2D eigenvalue weighted by Gasteiger charge is -2.26. The Hall–Kier alpha value is -1.33. The van der Waals surface area contributed by atoms with Gasteiger partial charge in [0.15, 0.2) is 0 Å². The Morgan fingerprint density at radius 3 is 2.59 bits per heavy atom. The topological polar surface area (TPSA) is 35.8 Å². The van der Waals surface area contributed by atoms with Crippen molar-refractivity contribution < 1.29 is 0 Å². The molecule has 2 nitrogen and oxygen atoms in total. The Balaban J connectivity index is 1.77. The van der Waals surface area contributed by atoms with Crippen LogP contribution in [0.5, 0.6) is 0 Å². The third-order valence-corrected chi connectivity index (χ3v) is 3.77. The molecule has 2 rings (SSSR count). The molecule has 0 saturated heterocycles. The molecule has 1 aromatic carbocycles. The molecule has 1 atom stereocenters. The minimum Gasteiger partial charge on any atom is -0.310 e. The molecule has 0 aliphatic heterocycles. The van der Waals surface area contributed by atoms with Gasteiger partial charge in [-0.25, -0.2) is 0 Å². The molecule has 0 heterocycles. The van der Waals surface area contributed by atoms with Crippen molar-refractivity contribution in [1.29, 1.82) is 5.26 Å². The molecule has 1 unspecified atom stereocenters. The highest BCUT2D eigenvalue weighted by Gasteiger charge is 2.16. The van der Waals surface area contributed by atoms with Crippen LogP contribution in [-0.4, -0.2) is 6.54 Å².